The molecule has 3 rings (SSSR count). The van der Waals surface area contributed by atoms with Gasteiger partial charge in [-0.2, -0.15) is 10.3 Å². The number of aromatic amines is 1. The molecule has 9 heteroatoms. The second-order valence-corrected chi connectivity index (χ2v) is 7.17. The van der Waals surface area contributed by atoms with Crippen LogP contribution in [0.25, 0.3) is 11.3 Å². The van der Waals surface area contributed by atoms with E-state index in [1.165, 1.54) is 0 Å². The summed E-state index contributed by atoms with van der Waals surface area (Å²) < 4.78 is 11.5. The number of halogens is 1. The molecule has 0 saturated carbocycles. The Hall–Kier alpha value is -3.20. The Kier molecular flexibility index (Phi) is 7.56. The van der Waals surface area contributed by atoms with Crippen LogP contribution in [0.4, 0.5) is 0 Å². The van der Waals surface area contributed by atoms with E-state index >= 15 is 0 Å². The Labute approximate surface area is 182 Å². The molecule has 156 valence electrons. The highest BCUT2D eigenvalue weighted by Crippen LogP contribution is 2.33. The first-order valence-corrected chi connectivity index (χ1v) is 10.2. The number of hydrogen-bond donors (Lipinski definition) is 2. The van der Waals surface area contributed by atoms with Crippen molar-refractivity contribution in [3.05, 3.63) is 64.3 Å². The number of aromatic nitrogens is 3. The van der Waals surface area contributed by atoms with Gasteiger partial charge in [-0.25, -0.2) is 4.79 Å². The minimum absolute atomic E-state index is 0.0483. The van der Waals surface area contributed by atoms with Crippen LogP contribution < -0.4 is 10.1 Å². The zero-order valence-corrected chi connectivity index (χ0v) is 17.9. The number of hydrogen-bond acceptors (Lipinski definition) is 6. The van der Waals surface area contributed by atoms with Crippen LogP contribution in [0.3, 0.4) is 0 Å². The molecule has 1 heterocycles. The summed E-state index contributed by atoms with van der Waals surface area (Å²) in [5, 5.41) is 13.2. The highest BCUT2D eigenvalue weighted by atomic mass is 79.9. The van der Waals surface area contributed by atoms with Crippen molar-refractivity contribution in [3.63, 3.8) is 0 Å². The Morgan fingerprint density at radius 3 is 2.70 bits per heavy atom. The van der Waals surface area contributed by atoms with Crippen molar-refractivity contribution >= 4 is 27.8 Å². The second kappa shape index (κ2) is 10.5. The van der Waals surface area contributed by atoms with E-state index in [9.17, 15) is 9.59 Å². The lowest BCUT2D eigenvalue weighted by Crippen LogP contribution is -2.30. The lowest BCUT2D eigenvalue weighted by molar-refractivity contribution is -0.123. The van der Waals surface area contributed by atoms with Crippen LogP contribution in [0.1, 0.15) is 23.0 Å². The fourth-order valence-electron chi connectivity index (χ4n) is 2.76. The summed E-state index contributed by atoms with van der Waals surface area (Å²) in [4.78, 5) is 24.3. The number of ether oxygens (including phenoxy) is 2. The summed E-state index contributed by atoms with van der Waals surface area (Å²) in [5.41, 5.74) is 1.99. The number of nitrogens with zero attached hydrogens (tertiary/aromatic N) is 2. The maximum atomic E-state index is 12.2. The third-order valence-electron chi connectivity index (χ3n) is 4.15. The van der Waals surface area contributed by atoms with Crippen molar-refractivity contribution in [1.29, 1.82) is 0 Å². The van der Waals surface area contributed by atoms with Gasteiger partial charge in [0.05, 0.1) is 6.61 Å². The fourth-order valence-corrected chi connectivity index (χ4v) is 3.12. The van der Waals surface area contributed by atoms with Crippen LogP contribution in [0, 0.1) is 0 Å². The zero-order valence-electron chi connectivity index (χ0n) is 16.4. The van der Waals surface area contributed by atoms with Crippen molar-refractivity contribution in [2.45, 2.75) is 13.3 Å². The third-order valence-corrected chi connectivity index (χ3v) is 4.64. The van der Waals surface area contributed by atoms with Crippen molar-refractivity contribution in [2.24, 2.45) is 0 Å². The van der Waals surface area contributed by atoms with E-state index in [1.54, 1.807) is 25.1 Å². The largest absolute Gasteiger partial charge is 0.483 e. The summed E-state index contributed by atoms with van der Waals surface area (Å²) in [6, 6.07) is 15.1. The maximum absolute atomic E-state index is 12.2. The summed E-state index contributed by atoms with van der Waals surface area (Å²) in [7, 11) is 0. The predicted octanol–water partition coefficient (Wildman–Crippen LogP) is 3.15. The summed E-state index contributed by atoms with van der Waals surface area (Å²) in [6.07, 6.45) is 0.734. The Morgan fingerprint density at radius 1 is 1.13 bits per heavy atom. The highest BCUT2D eigenvalue weighted by Gasteiger charge is 2.22. The highest BCUT2D eigenvalue weighted by molar-refractivity contribution is 9.10. The first-order valence-electron chi connectivity index (χ1n) is 9.39. The van der Waals surface area contributed by atoms with E-state index in [2.05, 4.69) is 36.7 Å². The average molecular weight is 473 g/mol. The van der Waals surface area contributed by atoms with Crippen LogP contribution >= 0.6 is 15.9 Å². The number of carbonyl (C=O) groups is 2. The Bertz CT molecular complexity index is 1010. The Balaban J connectivity index is 1.65. The van der Waals surface area contributed by atoms with Gasteiger partial charge in [0, 0.05) is 16.6 Å². The molecule has 1 amide bonds. The van der Waals surface area contributed by atoms with Gasteiger partial charge in [0.25, 0.3) is 5.91 Å². The molecule has 0 aliphatic heterocycles. The molecule has 0 radical (unpaired) electrons. The first kappa shape index (κ1) is 21.5. The minimum atomic E-state index is -0.592. The third kappa shape index (κ3) is 5.66. The molecule has 8 nitrogen and oxygen atoms in total. The smallest absolute Gasteiger partial charge is 0.361 e. The van der Waals surface area contributed by atoms with Crippen molar-refractivity contribution < 1.29 is 19.1 Å². The molecule has 0 spiro atoms. The minimum Gasteiger partial charge on any atom is -0.483 e. The molecule has 0 bridgehead atoms. The molecule has 0 unspecified atom stereocenters. The molecule has 0 aliphatic carbocycles. The number of rotatable bonds is 9. The maximum Gasteiger partial charge on any atom is 0.361 e. The topological polar surface area (TPSA) is 106 Å². The van der Waals surface area contributed by atoms with Crippen LogP contribution in [0.2, 0.25) is 0 Å². The molecule has 0 saturated heterocycles. The van der Waals surface area contributed by atoms with Crippen LogP contribution in [-0.2, 0) is 16.0 Å². The lowest BCUT2D eigenvalue weighted by atomic mass is 10.1. The quantitative estimate of drug-likeness (QED) is 0.463. The van der Waals surface area contributed by atoms with E-state index in [4.69, 9.17) is 9.47 Å². The van der Waals surface area contributed by atoms with E-state index in [1.807, 2.05) is 30.3 Å². The number of H-pyrrole nitrogens is 1. The van der Waals surface area contributed by atoms with Crippen molar-refractivity contribution in [3.8, 4) is 17.0 Å². The summed E-state index contributed by atoms with van der Waals surface area (Å²) >= 11 is 3.40. The molecule has 30 heavy (non-hydrogen) atoms. The Morgan fingerprint density at radius 2 is 1.93 bits per heavy atom. The molecule has 0 fully saturated rings. The SMILES string of the molecule is CCOC(=O)c1n[nH]nc1-c1cc(Br)ccc1OCC(=O)NCCc1ccccc1. The van der Waals surface area contributed by atoms with E-state index in [-0.39, 0.29) is 30.5 Å². The number of carbonyl (C=O) groups excluding carboxylic acids is 2. The zero-order chi connectivity index (χ0) is 21.3. The van der Waals surface area contributed by atoms with Gasteiger partial charge < -0.3 is 14.8 Å². The summed E-state index contributed by atoms with van der Waals surface area (Å²) in [5.74, 6) is -0.438. The van der Waals surface area contributed by atoms with Crippen LogP contribution in [0.5, 0.6) is 5.75 Å². The molecule has 0 atom stereocenters. The summed E-state index contributed by atoms with van der Waals surface area (Å²) in [6.45, 7) is 2.27. The predicted molar refractivity (Wildman–Crippen MR) is 114 cm³/mol. The van der Waals surface area contributed by atoms with Gasteiger partial charge in [-0.3, -0.25) is 4.79 Å². The van der Waals surface area contributed by atoms with E-state index in [0.29, 0.717) is 17.9 Å². The van der Waals surface area contributed by atoms with Crippen LogP contribution in [0.15, 0.2) is 53.0 Å². The van der Waals surface area contributed by atoms with Gasteiger partial charge in [-0.1, -0.05) is 46.3 Å². The van der Waals surface area contributed by atoms with Crippen molar-refractivity contribution in [1.82, 2.24) is 20.7 Å². The van der Waals surface area contributed by atoms with Gasteiger partial charge in [0.15, 0.2) is 12.3 Å². The molecule has 2 N–H and O–H groups in total. The molecule has 0 aliphatic rings. The van der Waals surface area contributed by atoms with Crippen LogP contribution in [-0.4, -0.2) is 47.0 Å². The first-order chi connectivity index (χ1) is 14.6. The number of esters is 1. The normalized spacial score (nSPS) is 10.5. The average Bonchev–Trinajstić information content (AvgIpc) is 3.24. The lowest BCUT2D eigenvalue weighted by Gasteiger charge is -2.12. The van der Waals surface area contributed by atoms with E-state index < -0.39 is 5.97 Å². The molecule has 3 aromatic rings. The molecule has 2 aromatic carbocycles. The van der Waals surface area contributed by atoms with Gasteiger partial charge in [0.2, 0.25) is 0 Å². The van der Waals surface area contributed by atoms with Gasteiger partial charge in [-0.15, -0.1) is 5.10 Å². The number of benzene rings is 2. The van der Waals surface area contributed by atoms with Gasteiger partial charge >= 0.3 is 5.97 Å². The van der Waals surface area contributed by atoms with Crippen molar-refractivity contribution in [2.75, 3.05) is 19.8 Å². The number of nitrogens with one attached hydrogen (secondary N) is 2. The van der Waals surface area contributed by atoms with Gasteiger partial charge in [-0.05, 0) is 37.1 Å². The second-order valence-electron chi connectivity index (χ2n) is 6.26. The number of amides is 1. The molecular formula is C21H21BrN4O4. The standard InChI is InChI=1S/C21H21BrN4O4/c1-2-29-21(28)20-19(24-26-25-20)16-12-15(22)8-9-17(16)30-13-18(27)23-11-10-14-6-4-3-5-7-14/h3-9,12H,2,10-11,13H2,1H3,(H,23,27)(H,24,25,26). The fraction of sp³-hybridized carbons (Fsp3) is 0.238. The molecular weight excluding hydrogens is 452 g/mol. The van der Waals surface area contributed by atoms with Gasteiger partial charge in [0.1, 0.15) is 11.4 Å². The monoisotopic (exact) mass is 472 g/mol. The van der Waals surface area contributed by atoms with E-state index in [0.717, 1.165) is 16.5 Å². The molecule has 1 aromatic heterocycles.